The fourth-order valence-electron chi connectivity index (χ4n) is 5.65. The van der Waals surface area contributed by atoms with E-state index in [0.29, 0.717) is 31.0 Å². The van der Waals surface area contributed by atoms with Crippen molar-refractivity contribution in [1.82, 2.24) is 9.80 Å². The predicted molar refractivity (Wildman–Crippen MR) is 108 cm³/mol. The number of piperidine rings is 1. The van der Waals surface area contributed by atoms with Crippen LogP contribution in [0.25, 0.3) is 0 Å². The molecule has 152 valence electrons. The van der Waals surface area contributed by atoms with Gasteiger partial charge in [-0.15, -0.1) is 0 Å². The zero-order chi connectivity index (χ0) is 19.8. The number of aliphatic hydroxyl groups excluding tert-OH is 1. The topological polar surface area (TPSA) is 60.9 Å². The largest absolute Gasteiger partial charge is 0.393 e. The van der Waals surface area contributed by atoms with Gasteiger partial charge in [-0.1, -0.05) is 18.2 Å². The number of aryl methyl sites for hydroxylation is 1. The van der Waals surface area contributed by atoms with Crippen LogP contribution in [-0.2, 0) is 4.79 Å². The highest BCUT2D eigenvalue weighted by Crippen LogP contribution is 2.45. The minimum Gasteiger partial charge on any atom is -0.393 e. The van der Waals surface area contributed by atoms with Crippen molar-refractivity contribution in [1.29, 1.82) is 0 Å². The molecule has 1 aliphatic heterocycles. The molecule has 1 heterocycles. The molecule has 5 nitrogen and oxygen atoms in total. The standard InChI is InChI=1S/C23H32N2O3/c1-15-5-3-4-6-21(15)23(28)25-9-7-16(8-10-25)22(27)24(2)19-11-17-13-20(26)14-18(17)12-19/h3-6,16-20,26H,7-14H2,1-2H3/t17-,18+,19?,20?. The maximum absolute atomic E-state index is 13.0. The molecule has 1 N–H and O–H groups in total. The van der Waals surface area contributed by atoms with Crippen molar-refractivity contribution in [2.75, 3.05) is 20.1 Å². The van der Waals surface area contributed by atoms with E-state index in [2.05, 4.69) is 0 Å². The van der Waals surface area contributed by atoms with E-state index in [9.17, 15) is 14.7 Å². The molecule has 5 heteroatoms. The maximum atomic E-state index is 13.0. The third-order valence-corrected chi connectivity index (χ3v) is 7.37. The molecule has 3 fully saturated rings. The molecule has 2 amide bonds. The van der Waals surface area contributed by atoms with Gasteiger partial charge in [0.1, 0.15) is 0 Å². The Hall–Kier alpha value is -1.88. The molecule has 3 aliphatic rings. The van der Waals surface area contributed by atoms with Gasteiger partial charge < -0.3 is 14.9 Å². The summed E-state index contributed by atoms with van der Waals surface area (Å²) in [7, 11) is 1.95. The number of aliphatic hydroxyl groups is 1. The van der Waals surface area contributed by atoms with Crippen LogP contribution in [0.3, 0.4) is 0 Å². The van der Waals surface area contributed by atoms with Gasteiger partial charge in [0.05, 0.1) is 6.10 Å². The lowest BCUT2D eigenvalue weighted by Gasteiger charge is -2.35. The summed E-state index contributed by atoms with van der Waals surface area (Å²) in [4.78, 5) is 29.7. The molecule has 0 aromatic heterocycles. The van der Waals surface area contributed by atoms with Crippen LogP contribution in [0.4, 0.5) is 0 Å². The summed E-state index contributed by atoms with van der Waals surface area (Å²) in [6, 6.07) is 8.03. The Morgan fingerprint density at radius 2 is 1.64 bits per heavy atom. The average molecular weight is 385 g/mol. The van der Waals surface area contributed by atoms with E-state index >= 15 is 0 Å². The third kappa shape index (κ3) is 3.69. The number of amides is 2. The Kier molecular flexibility index (Phi) is 5.46. The predicted octanol–water partition coefficient (Wildman–Crippen LogP) is 2.86. The van der Waals surface area contributed by atoms with E-state index in [-0.39, 0.29) is 23.8 Å². The molecule has 4 atom stereocenters. The Labute approximate surface area is 167 Å². The SMILES string of the molecule is Cc1ccccc1C(=O)N1CCC(C(=O)N(C)C2C[C@H]3CC(O)C[C@H]3C2)CC1. The summed E-state index contributed by atoms with van der Waals surface area (Å²) < 4.78 is 0. The summed E-state index contributed by atoms with van der Waals surface area (Å²) in [5, 5.41) is 9.83. The van der Waals surface area contributed by atoms with Crippen molar-refractivity contribution < 1.29 is 14.7 Å². The molecule has 4 rings (SSSR count). The first-order valence-electron chi connectivity index (χ1n) is 10.7. The summed E-state index contributed by atoms with van der Waals surface area (Å²) in [5.74, 6) is 1.53. The van der Waals surface area contributed by atoms with E-state index in [1.807, 2.05) is 48.0 Å². The van der Waals surface area contributed by atoms with E-state index in [1.54, 1.807) is 0 Å². The van der Waals surface area contributed by atoms with Crippen LogP contribution in [0.2, 0.25) is 0 Å². The molecule has 1 saturated heterocycles. The highest BCUT2D eigenvalue weighted by molar-refractivity contribution is 5.95. The number of carbonyl (C=O) groups is 2. The van der Waals surface area contributed by atoms with Gasteiger partial charge in [-0.25, -0.2) is 0 Å². The van der Waals surface area contributed by atoms with Crippen molar-refractivity contribution in [2.24, 2.45) is 17.8 Å². The monoisotopic (exact) mass is 384 g/mol. The van der Waals surface area contributed by atoms with E-state index < -0.39 is 0 Å². The third-order valence-electron chi connectivity index (χ3n) is 7.37. The minimum absolute atomic E-state index is 0.0250. The van der Waals surface area contributed by atoms with Gasteiger partial charge in [0.25, 0.3) is 5.91 Å². The fourth-order valence-corrected chi connectivity index (χ4v) is 5.65. The van der Waals surface area contributed by atoms with Crippen LogP contribution in [0.5, 0.6) is 0 Å². The first kappa shape index (κ1) is 19.4. The molecule has 0 radical (unpaired) electrons. The molecule has 28 heavy (non-hydrogen) atoms. The van der Waals surface area contributed by atoms with Gasteiger partial charge in [0, 0.05) is 37.7 Å². The molecule has 2 saturated carbocycles. The molecule has 0 bridgehead atoms. The van der Waals surface area contributed by atoms with E-state index in [4.69, 9.17) is 0 Å². The van der Waals surface area contributed by atoms with Gasteiger partial charge in [-0.2, -0.15) is 0 Å². The van der Waals surface area contributed by atoms with Gasteiger partial charge in [0.15, 0.2) is 0 Å². The first-order valence-corrected chi connectivity index (χ1v) is 10.7. The van der Waals surface area contributed by atoms with E-state index in [1.165, 1.54) is 0 Å². The molecule has 1 aromatic rings. The lowest BCUT2D eigenvalue weighted by Crippen LogP contribution is -2.45. The summed E-state index contributed by atoms with van der Waals surface area (Å²) in [5.41, 5.74) is 1.77. The second-order valence-corrected chi connectivity index (χ2v) is 9.10. The van der Waals surface area contributed by atoms with Crippen molar-refractivity contribution in [3.05, 3.63) is 35.4 Å². The molecular formula is C23H32N2O3. The quantitative estimate of drug-likeness (QED) is 0.872. The number of benzene rings is 1. The molecule has 2 aliphatic carbocycles. The number of rotatable bonds is 3. The van der Waals surface area contributed by atoms with Gasteiger partial charge in [0.2, 0.25) is 5.91 Å². The van der Waals surface area contributed by atoms with Gasteiger partial charge >= 0.3 is 0 Å². The smallest absolute Gasteiger partial charge is 0.254 e. The van der Waals surface area contributed by atoms with Crippen molar-refractivity contribution >= 4 is 11.8 Å². The Morgan fingerprint density at radius 1 is 1.04 bits per heavy atom. The van der Waals surface area contributed by atoms with Crippen LogP contribution in [0, 0.1) is 24.7 Å². The Bertz CT molecular complexity index is 727. The highest BCUT2D eigenvalue weighted by Gasteiger charge is 2.44. The number of nitrogens with zero attached hydrogens (tertiary/aromatic N) is 2. The molecule has 0 spiro atoms. The van der Waals surface area contributed by atoms with Crippen LogP contribution in [0.1, 0.15) is 54.4 Å². The summed E-state index contributed by atoms with van der Waals surface area (Å²) in [6.45, 7) is 3.27. The van der Waals surface area contributed by atoms with E-state index in [0.717, 1.165) is 49.7 Å². The van der Waals surface area contributed by atoms with Crippen molar-refractivity contribution in [3.63, 3.8) is 0 Å². The highest BCUT2D eigenvalue weighted by atomic mass is 16.3. The van der Waals surface area contributed by atoms with Crippen LogP contribution < -0.4 is 0 Å². The normalized spacial score (nSPS) is 30.3. The lowest BCUT2D eigenvalue weighted by atomic mass is 9.93. The maximum Gasteiger partial charge on any atom is 0.254 e. The number of hydrogen-bond acceptors (Lipinski definition) is 3. The number of fused-ring (bicyclic) bond motifs is 1. The molecule has 2 unspecified atom stereocenters. The second kappa shape index (κ2) is 7.86. The lowest BCUT2D eigenvalue weighted by molar-refractivity contribution is -0.137. The average Bonchev–Trinajstić information content (AvgIpc) is 3.24. The minimum atomic E-state index is -0.132. The number of hydrogen-bond donors (Lipinski definition) is 1. The van der Waals surface area contributed by atoms with Gasteiger partial charge in [-0.05, 0) is 68.9 Å². The zero-order valence-electron chi connectivity index (χ0n) is 17.0. The number of likely N-dealkylation sites (tertiary alicyclic amines) is 1. The van der Waals surface area contributed by atoms with Gasteiger partial charge in [-0.3, -0.25) is 9.59 Å². The first-order chi connectivity index (χ1) is 13.4. The fraction of sp³-hybridized carbons (Fsp3) is 0.652. The second-order valence-electron chi connectivity index (χ2n) is 9.10. The number of carbonyl (C=O) groups excluding carboxylic acids is 2. The molecular weight excluding hydrogens is 352 g/mol. The Morgan fingerprint density at radius 3 is 2.25 bits per heavy atom. The van der Waals surface area contributed by atoms with Crippen LogP contribution in [-0.4, -0.2) is 59.0 Å². The molecule has 1 aromatic carbocycles. The van der Waals surface area contributed by atoms with Crippen molar-refractivity contribution in [2.45, 2.75) is 57.6 Å². The summed E-state index contributed by atoms with van der Waals surface area (Å²) >= 11 is 0. The van der Waals surface area contributed by atoms with Crippen LogP contribution >= 0.6 is 0 Å². The zero-order valence-corrected chi connectivity index (χ0v) is 17.0. The van der Waals surface area contributed by atoms with Crippen molar-refractivity contribution in [3.8, 4) is 0 Å². The van der Waals surface area contributed by atoms with Crippen LogP contribution in [0.15, 0.2) is 24.3 Å². The Balaban J connectivity index is 1.31. The summed E-state index contributed by atoms with van der Waals surface area (Å²) in [6.07, 6.45) is 5.25.